The number of carbonyl (C=O) groups is 1. The SMILES string of the molecule is CC(=O)c1noc(-c2ccc(C)s2)n1. The Hall–Kier alpha value is -1.49. The highest BCUT2D eigenvalue weighted by Crippen LogP contribution is 2.25. The Morgan fingerprint density at radius 2 is 2.29 bits per heavy atom. The molecule has 2 aromatic heterocycles. The van der Waals surface area contributed by atoms with Gasteiger partial charge in [-0.2, -0.15) is 4.98 Å². The minimum atomic E-state index is -0.187. The van der Waals surface area contributed by atoms with E-state index >= 15 is 0 Å². The topological polar surface area (TPSA) is 56.0 Å². The maximum Gasteiger partial charge on any atom is 0.268 e. The number of nitrogens with zero attached hydrogens (tertiary/aromatic N) is 2. The first kappa shape index (κ1) is 9.08. The maximum atomic E-state index is 10.9. The number of ketones is 1. The second-order valence-corrected chi connectivity index (χ2v) is 4.18. The predicted octanol–water partition coefficient (Wildman–Crippen LogP) is 2.31. The largest absolute Gasteiger partial charge is 0.333 e. The highest BCUT2D eigenvalue weighted by molar-refractivity contribution is 7.15. The van der Waals surface area contributed by atoms with Crippen LogP contribution in [-0.4, -0.2) is 15.9 Å². The molecule has 2 rings (SSSR count). The fourth-order valence-electron chi connectivity index (χ4n) is 1.02. The van der Waals surface area contributed by atoms with Crippen LogP contribution in [0.15, 0.2) is 16.7 Å². The van der Waals surface area contributed by atoms with Gasteiger partial charge in [-0.1, -0.05) is 5.16 Å². The zero-order chi connectivity index (χ0) is 10.1. The molecule has 0 spiro atoms. The molecular formula is C9H8N2O2S. The van der Waals surface area contributed by atoms with Crippen LogP contribution in [0.3, 0.4) is 0 Å². The molecule has 0 aliphatic carbocycles. The number of thiophene rings is 1. The third kappa shape index (κ3) is 1.58. The number of rotatable bonds is 2. The van der Waals surface area contributed by atoms with Gasteiger partial charge in [0.1, 0.15) is 0 Å². The van der Waals surface area contributed by atoms with Gasteiger partial charge in [0.15, 0.2) is 0 Å². The molecular weight excluding hydrogens is 200 g/mol. The van der Waals surface area contributed by atoms with E-state index in [2.05, 4.69) is 10.1 Å². The molecule has 2 aromatic rings. The summed E-state index contributed by atoms with van der Waals surface area (Å²) in [6.45, 7) is 3.41. The van der Waals surface area contributed by atoms with E-state index in [0.717, 1.165) is 4.88 Å². The molecule has 0 bridgehead atoms. The summed E-state index contributed by atoms with van der Waals surface area (Å²) >= 11 is 1.56. The Morgan fingerprint density at radius 1 is 1.50 bits per heavy atom. The van der Waals surface area contributed by atoms with Crippen LogP contribution < -0.4 is 0 Å². The van der Waals surface area contributed by atoms with Crippen molar-refractivity contribution < 1.29 is 9.32 Å². The third-order valence-electron chi connectivity index (χ3n) is 1.69. The lowest BCUT2D eigenvalue weighted by Gasteiger charge is -1.82. The minimum absolute atomic E-state index is 0.131. The van der Waals surface area contributed by atoms with Gasteiger partial charge >= 0.3 is 0 Å². The molecule has 0 unspecified atom stereocenters. The van der Waals surface area contributed by atoms with Crippen LogP contribution in [0.5, 0.6) is 0 Å². The molecule has 0 radical (unpaired) electrons. The first-order valence-corrected chi connectivity index (χ1v) is 4.90. The molecule has 5 heteroatoms. The van der Waals surface area contributed by atoms with Gasteiger partial charge in [-0.05, 0) is 19.1 Å². The zero-order valence-electron chi connectivity index (χ0n) is 7.77. The van der Waals surface area contributed by atoms with E-state index in [-0.39, 0.29) is 11.6 Å². The molecule has 0 fully saturated rings. The lowest BCUT2D eigenvalue weighted by atomic mass is 10.4. The van der Waals surface area contributed by atoms with E-state index in [1.165, 1.54) is 11.8 Å². The lowest BCUT2D eigenvalue weighted by Crippen LogP contribution is -1.93. The van der Waals surface area contributed by atoms with Crippen molar-refractivity contribution in [2.45, 2.75) is 13.8 Å². The monoisotopic (exact) mass is 208 g/mol. The van der Waals surface area contributed by atoms with Gasteiger partial charge < -0.3 is 4.52 Å². The third-order valence-corrected chi connectivity index (χ3v) is 2.68. The van der Waals surface area contributed by atoms with E-state index in [1.807, 2.05) is 19.1 Å². The molecule has 0 amide bonds. The van der Waals surface area contributed by atoms with Gasteiger partial charge in [0.2, 0.25) is 11.6 Å². The van der Waals surface area contributed by atoms with Crippen molar-refractivity contribution >= 4 is 17.1 Å². The Bertz CT molecular complexity index is 473. The van der Waals surface area contributed by atoms with Crippen molar-refractivity contribution in [1.82, 2.24) is 10.1 Å². The molecule has 0 N–H and O–H groups in total. The number of hydrogen-bond acceptors (Lipinski definition) is 5. The molecule has 72 valence electrons. The van der Waals surface area contributed by atoms with Crippen molar-refractivity contribution in [2.24, 2.45) is 0 Å². The highest BCUT2D eigenvalue weighted by atomic mass is 32.1. The van der Waals surface area contributed by atoms with E-state index in [4.69, 9.17) is 4.52 Å². The Balaban J connectivity index is 2.38. The summed E-state index contributed by atoms with van der Waals surface area (Å²) < 4.78 is 4.95. The molecule has 0 aromatic carbocycles. The average Bonchev–Trinajstić information content (AvgIpc) is 2.70. The molecule has 0 atom stereocenters. The van der Waals surface area contributed by atoms with Crippen LogP contribution in [-0.2, 0) is 0 Å². The lowest BCUT2D eigenvalue weighted by molar-refractivity contribution is 0.100. The van der Waals surface area contributed by atoms with E-state index < -0.39 is 0 Å². The van der Waals surface area contributed by atoms with E-state index in [0.29, 0.717) is 5.89 Å². The molecule has 0 aliphatic rings. The standard InChI is InChI=1S/C9H8N2O2S/c1-5-3-4-7(14-5)9-10-8(6(2)12)11-13-9/h3-4H,1-2H3. The number of aryl methyl sites for hydroxylation is 1. The molecule has 4 nitrogen and oxygen atoms in total. The fourth-order valence-corrected chi connectivity index (χ4v) is 1.81. The van der Waals surface area contributed by atoms with Crippen molar-refractivity contribution in [3.8, 4) is 10.8 Å². The second-order valence-electron chi connectivity index (χ2n) is 2.89. The van der Waals surface area contributed by atoms with Gasteiger partial charge in [-0.3, -0.25) is 4.79 Å². The Kier molecular flexibility index (Phi) is 2.17. The number of aromatic nitrogens is 2. The maximum absolute atomic E-state index is 10.9. The van der Waals surface area contributed by atoms with E-state index in [1.54, 1.807) is 11.3 Å². The summed E-state index contributed by atoms with van der Waals surface area (Å²) in [6, 6.07) is 3.87. The van der Waals surface area contributed by atoms with Crippen molar-refractivity contribution in [2.75, 3.05) is 0 Å². The van der Waals surface area contributed by atoms with Gasteiger partial charge in [0.05, 0.1) is 4.88 Å². The van der Waals surface area contributed by atoms with Gasteiger partial charge in [-0.25, -0.2) is 0 Å². The summed E-state index contributed by atoms with van der Waals surface area (Å²) in [5.41, 5.74) is 0. The van der Waals surface area contributed by atoms with Crippen LogP contribution in [0.4, 0.5) is 0 Å². The number of hydrogen-bond donors (Lipinski definition) is 0. The van der Waals surface area contributed by atoms with Crippen LogP contribution in [0, 0.1) is 6.92 Å². The first-order chi connectivity index (χ1) is 6.66. The smallest absolute Gasteiger partial charge is 0.268 e. The van der Waals surface area contributed by atoms with Gasteiger partial charge in [0, 0.05) is 11.8 Å². The van der Waals surface area contributed by atoms with Crippen molar-refractivity contribution in [1.29, 1.82) is 0 Å². The summed E-state index contributed by atoms with van der Waals surface area (Å²) in [7, 11) is 0. The summed E-state index contributed by atoms with van der Waals surface area (Å²) in [5, 5.41) is 3.57. The van der Waals surface area contributed by atoms with Crippen molar-refractivity contribution in [3.05, 3.63) is 22.8 Å². The normalized spacial score (nSPS) is 10.4. The fraction of sp³-hybridized carbons (Fsp3) is 0.222. The zero-order valence-corrected chi connectivity index (χ0v) is 8.59. The van der Waals surface area contributed by atoms with Crippen LogP contribution in [0.1, 0.15) is 22.4 Å². The van der Waals surface area contributed by atoms with Crippen LogP contribution >= 0.6 is 11.3 Å². The quantitative estimate of drug-likeness (QED) is 0.710. The number of carbonyl (C=O) groups excluding carboxylic acids is 1. The van der Waals surface area contributed by atoms with Crippen molar-refractivity contribution in [3.63, 3.8) is 0 Å². The number of Topliss-reactive ketones (excluding diaryl/α,β-unsaturated/α-hetero) is 1. The summed E-state index contributed by atoms with van der Waals surface area (Å²) in [5.74, 6) is 0.354. The van der Waals surface area contributed by atoms with Gasteiger partial charge in [-0.15, -0.1) is 11.3 Å². The molecule has 0 saturated heterocycles. The average molecular weight is 208 g/mol. The summed E-state index contributed by atoms with van der Waals surface area (Å²) in [4.78, 5) is 17.0. The minimum Gasteiger partial charge on any atom is -0.333 e. The second kappa shape index (κ2) is 3.34. The first-order valence-electron chi connectivity index (χ1n) is 4.08. The molecule has 14 heavy (non-hydrogen) atoms. The Labute approximate surface area is 84.6 Å². The molecule has 0 aliphatic heterocycles. The van der Waals surface area contributed by atoms with Crippen LogP contribution in [0.2, 0.25) is 0 Å². The van der Waals surface area contributed by atoms with E-state index in [9.17, 15) is 4.79 Å². The molecule has 0 saturated carbocycles. The highest BCUT2D eigenvalue weighted by Gasteiger charge is 2.12. The Morgan fingerprint density at radius 3 is 2.79 bits per heavy atom. The predicted molar refractivity (Wildman–Crippen MR) is 52.4 cm³/mol. The van der Waals surface area contributed by atoms with Gasteiger partial charge in [0.25, 0.3) is 5.89 Å². The summed E-state index contributed by atoms with van der Waals surface area (Å²) in [6.07, 6.45) is 0. The molecule has 2 heterocycles. The van der Waals surface area contributed by atoms with Crippen LogP contribution in [0.25, 0.3) is 10.8 Å².